The maximum atomic E-state index is 12.8. The van der Waals surface area contributed by atoms with Crippen molar-refractivity contribution in [3.8, 4) is 0 Å². The van der Waals surface area contributed by atoms with Gasteiger partial charge in [0.1, 0.15) is 0 Å². The summed E-state index contributed by atoms with van der Waals surface area (Å²) in [4.78, 5) is 25.0. The van der Waals surface area contributed by atoms with E-state index in [0.29, 0.717) is 15.7 Å². The lowest BCUT2D eigenvalue weighted by Crippen LogP contribution is -2.36. The van der Waals surface area contributed by atoms with Crippen LogP contribution in [0.1, 0.15) is 31.2 Å². The number of halogens is 2. The molecule has 0 saturated heterocycles. The third-order valence-corrected chi connectivity index (χ3v) is 5.37. The van der Waals surface area contributed by atoms with Crippen molar-refractivity contribution in [3.05, 3.63) is 64.1 Å². The Morgan fingerprint density at radius 1 is 0.962 bits per heavy atom. The third kappa shape index (κ3) is 3.87. The number of carbonyl (C=O) groups excluding carboxylic acids is 2. The second-order valence-corrected chi connectivity index (χ2v) is 7.19. The summed E-state index contributed by atoms with van der Waals surface area (Å²) in [6.07, 6.45) is 3.39. The van der Waals surface area contributed by atoms with Crippen LogP contribution in [0.2, 0.25) is 10.0 Å². The fourth-order valence-corrected chi connectivity index (χ4v) is 3.90. The molecule has 0 aromatic heterocycles. The summed E-state index contributed by atoms with van der Waals surface area (Å²) < 4.78 is 5.36. The van der Waals surface area contributed by atoms with E-state index in [1.807, 2.05) is 30.3 Å². The van der Waals surface area contributed by atoms with E-state index in [9.17, 15) is 9.59 Å². The molecule has 26 heavy (non-hydrogen) atoms. The Labute approximate surface area is 162 Å². The van der Waals surface area contributed by atoms with E-state index in [-0.39, 0.29) is 12.6 Å². The van der Waals surface area contributed by atoms with Crippen molar-refractivity contribution in [2.45, 2.75) is 31.1 Å². The van der Waals surface area contributed by atoms with Crippen LogP contribution >= 0.6 is 23.2 Å². The predicted molar refractivity (Wildman–Crippen MR) is 103 cm³/mol. The molecule has 136 valence electrons. The fraction of sp³-hybridized carbons (Fsp3) is 0.300. The molecule has 2 aromatic rings. The molecule has 0 spiro atoms. The van der Waals surface area contributed by atoms with Gasteiger partial charge in [0, 0.05) is 0 Å². The second kappa shape index (κ2) is 8.11. The lowest BCUT2D eigenvalue weighted by atomic mass is 9.79. The highest BCUT2D eigenvalue weighted by Crippen LogP contribution is 2.42. The van der Waals surface area contributed by atoms with Crippen LogP contribution < -0.4 is 5.32 Å². The minimum Gasteiger partial charge on any atom is -0.455 e. The molecular weight excluding hydrogens is 373 g/mol. The molecular formula is C20H19Cl2NO3. The van der Waals surface area contributed by atoms with Gasteiger partial charge in [0.15, 0.2) is 6.61 Å². The molecule has 0 unspecified atom stereocenters. The molecule has 0 bridgehead atoms. The summed E-state index contributed by atoms with van der Waals surface area (Å²) in [7, 11) is 0. The summed E-state index contributed by atoms with van der Waals surface area (Å²) in [6.45, 7) is -0.380. The highest BCUT2D eigenvalue weighted by atomic mass is 35.5. The van der Waals surface area contributed by atoms with E-state index in [2.05, 4.69) is 5.32 Å². The molecule has 1 aliphatic carbocycles. The molecule has 0 heterocycles. The van der Waals surface area contributed by atoms with Gasteiger partial charge in [0.25, 0.3) is 5.91 Å². The second-order valence-electron chi connectivity index (χ2n) is 6.38. The Morgan fingerprint density at radius 3 is 2.19 bits per heavy atom. The zero-order chi connectivity index (χ0) is 18.6. The molecule has 1 aliphatic rings. The normalized spacial score (nSPS) is 15.5. The van der Waals surface area contributed by atoms with Crippen LogP contribution in [-0.2, 0) is 19.7 Å². The fourth-order valence-electron chi connectivity index (χ4n) is 3.41. The van der Waals surface area contributed by atoms with Gasteiger partial charge in [-0.1, -0.05) is 72.4 Å². The maximum Gasteiger partial charge on any atom is 0.317 e. The number of amides is 1. The minimum atomic E-state index is -0.663. The monoisotopic (exact) mass is 391 g/mol. The van der Waals surface area contributed by atoms with Crippen LogP contribution in [0.15, 0.2) is 48.5 Å². The van der Waals surface area contributed by atoms with Crippen molar-refractivity contribution in [1.29, 1.82) is 0 Å². The number of hydrogen-bond donors (Lipinski definition) is 1. The molecule has 1 N–H and O–H groups in total. The molecule has 2 aromatic carbocycles. The Morgan fingerprint density at radius 2 is 1.58 bits per heavy atom. The predicted octanol–water partition coefficient (Wildman–Crippen LogP) is 4.99. The van der Waals surface area contributed by atoms with Crippen molar-refractivity contribution in [1.82, 2.24) is 0 Å². The van der Waals surface area contributed by atoms with E-state index in [1.165, 1.54) is 0 Å². The van der Waals surface area contributed by atoms with E-state index in [4.69, 9.17) is 27.9 Å². The molecule has 0 radical (unpaired) electrons. The standard InChI is InChI=1S/C20H19Cl2NO3/c21-15-9-6-10-16(22)18(15)23-17(24)13-26-19(25)20(11-4-5-12-20)14-7-2-1-3-8-14/h1-3,6-10H,4-5,11-13H2,(H,23,24). The number of ether oxygens (including phenoxy) is 1. The molecule has 1 amide bonds. The topological polar surface area (TPSA) is 55.4 Å². The largest absolute Gasteiger partial charge is 0.455 e. The van der Waals surface area contributed by atoms with Gasteiger partial charge >= 0.3 is 5.97 Å². The smallest absolute Gasteiger partial charge is 0.317 e. The van der Waals surface area contributed by atoms with E-state index >= 15 is 0 Å². The van der Waals surface area contributed by atoms with Gasteiger partial charge in [-0.3, -0.25) is 9.59 Å². The Hall–Kier alpha value is -2.04. The first-order chi connectivity index (χ1) is 12.5. The number of esters is 1. The summed E-state index contributed by atoms with van der Waals surface area (Å²) >= 11 is 12.1. The summed E-state index contributed by atoms with van der Waals surface area (Å²) in [5.41, 5.74) is 0.594. The summed E-state index contributed by atoms with van der Waals surface area (Å²) in [5.74, 6) is -0.837. The zero-order valence-corrected chi connectivity index (χ0v) is 15.6. The van der Waals surface area contributed by atoms with Gasteiger partial charge < -0.3 is 10.1 Å². The molecule has 1 saturated carbocycles. The first-order valence-corrected chi connectivity index (χ1v) is 9.25. The average Bonchev–Trinajstić information content (AvgIpc) is 3.15. The quantitative estimate of drug-likeness (QED) is 0.730. The Kier molecular flexibility index (Phi) is 5.84. The van der Waals surface area contributed by atoms with E-state index < -0.39 is 11.3 Å². The maximum absolute atomic E-state index is 12.8. The van der Waals surface area contributed by atoms with E-state index in [1.54, 1.807) is 18.2 Å². The number of nitrogens with one attached hydrogen (secondary N) is 1. The van der Waals surface area contributed by atoms with Crippen LogP contribution in [0.5, 0.6) is 0 Å². The molecule has 0 atom stereocenters. The van der Waals surface area contributed by atoms with Crippen molar-refractivity contribution < 1.29 is 14.3 Å². The molecule has 1 fully saturated rings. The first kappa shape index (κ1) is 18.7. The number of para-hydroxylation sites is 1. The summed E-state index contributed by atoms with van der Waals surface area (Å²) in [6, 6.07) is 14.5. The van der Waals surface area contributed by atoms with Crippen LogP contribution in [0.25, 0.3) is 0 Å². The average molecular weight is 392 g/mol. The number of benzene rings is 2. The zero-order valence-electron chi connectivity index (χ0n) is 14.1. The van der Waals surface area contributed by atoms with Crippen molar-refractivity contribution >= 4 is 40.8 Å². The highest BCUT2D eigenvalue weighted by molar-refractivity contribution is 6.39. The third-order valence-electron chi connectivity index (χ3n) is 4.74. The van der Waals surface area contributed by atoms with Crippen LogP contribution in [0.3, 0.4) is 0 Å². The highest BCUT2D eigenvalue weighted by Gasteiger charge is 2.44. The van der Waals surface area contributed by atoms with Gasteiger partial charge in [-0.15, -0.1) is 0 Å². The Balaban J connectivity index is 1.67. The molecule has 6 heteroatoms. The van der Waals surface area contributed by atoms with Gasteiger partial charge in [0.2, 0.25) is 0 Å². The van der Waals surface area contributed by atoms with Crippen LogP contribution in [0.4, 0.5) is 5.69 Å². The lowest BCUT2D eigenvalue weighted by Gasteiger charge is -2.27. The number of anilines is 1. The number of rotatable bonds is 5. The summed E-state index contributed by atoms with van der Waals surface area (Å²) in [5, 5.41) is 3.25. The minimum absolute atomic E-state index is 0.315. The molecule has 3 rings (SSSR count). The van der Waals surface area contributed by atoms with Crippen LogP contribution in [-0.4, -0.2) is 18.5 Å². The van der Waals surface area contributed by atoms with Crippen molar-refractivity contribution in [2.75, 3.05) is 11.9 Å². The van der Waals surface area contributed by atoms with Crippen molar-refractivity contribution in [2.24, 2.45) is 0 Å². The van der Waals surface area contributed by atoms with E-state index in [0.717, 1.165) is 31.2 Å². The number of hydrogen-bond acceptors (Lipinski definition) is 3. The van der Waals surface area contributed by atoms with Crippen molar-refractivity contribution in [3.63, 3.8) is 0 Å². The Bertz CT molecular complexity index is 782. The number of carbonyl (C=O) groups is 2. The van der Waals surface area contributed by atoms with Gasteiger partial charge in [-0.05, 0) is 30.5 Å². The van der Waals surface area contributed by atoms with Crippen LogP contribution in [0, 0.1) is 0 Å². The first-order valence-electron chi connectivity index (χ1n) is 8.49. The van der Waals surface area contributed by atoms with Gasteiger partial charge in [-0.25, -0.2) is 0 Å². The van der Waals surface area contributed by atoms with Gasteiger partial charge in [0.05, 0.1) is 21.1 Å². The molecule has 0 aliphatic heterocycles. The SMILES string of the molecule is O=C(COC(=O)C1(c2ccccc2)CCCC1)Nc1c(Cl)cccc1Cl. The molecule has 4 nitrogen and oxygen atoms in total. The van der Waals surface area contributed by atoms with Gasteiger partial charge in [-0.2, -0.15) is 0 Å². The lowest BCUT2D eigenvalue weighted by molar-refractivity contribution is -0.153.